The fourth-order valence-electron chi connectivity index (χ4n) is 1.85. The van der Waals surface area contributed by atoms with Crippen molar-refractivity contribution in [3.05, 3.63) is 53.6 Å². The van der Waals surface area contributed by atoms with Crippen molar-refractivity contribution in [1.29, 1.82) is 0 Å². The lowest BCUT2D eigenvalue weighted by Crippen LogP contribution is -2.05. The number of carbonyl (C=O) groups is 1. The van der Waals surface area contributed by atoms with Crippen LogP contribution in [0.5, 0.6) is 0 Å². The maximum Gasteiger partial charge on any atom is 0.221 e. The van der Waals surface area contributed by atoms with Gasteiger partial charge in [0.25, 0.3) is 0 Å². The van der Waals surface area contributed by atoms with Gasteiger partial charge in [-0.15, -0.1) is 0 Å². The molecule has 2 aromatic rings. The van der Waals surface area contributed by atoms with Gasteiger partial charge < -0.3 is 10.4 Å². The zero-order valence-corrected chi connectivity index (χ0v) is 12.3. The van der Waals surface area contributed by atoms with E-state index < -0.39 is 0 Å². The lowest BCUT2D eigenvalue weighted by molar-refractivity contribution is -0.114. The van der Waals surface area contributed by atoms with Crippen molar-refractivity contribution < 1.29 is 9.90 Å². The summed E-state index contributed by atoms with van der Waals surface area (Å²) in [7, 11) is 0. The Hall–Kier alpha value is -1.78. The molecule has 0 radical (unpaired) electrons. The van der Waals surface area contributed by atoms with E-state index in [0.717, 1.165) is 26.6 Å². The van der Waals surface area contributed by atoms with Crippen molar-refractivity contribution >= 4 is 23.4 Å². The van der Waals surface area contributed by atoms with E-state index in [-0.39, 0.29) is 12.5 Å². The minimum absolute atomic E-state index is 0.0689. The second-order valence-corrected chi connectivity index (χ2v) is 5.70. The summed E-state index contributed by atoms with van der Waals surface area (Å²) in [6.45, 7) is 3.56. The number of nitrogens with one attached hydrogen (secondary N) is 1. The summed E-state index contributed by atoms with van der Waals surface area (Å²) in [5.74, 6) is -0.0689. The van der Waals surface area contributed by atoms with Gasteiger partial charge >= 0.3 is 0 Å². The molecule has 2 N–H and O–H groups in total. The molecule has 4 heteroatoms. The standard InChI is InChI=1S/C16H17NO2S/c1-11-9-16(6-3-13(11)10-18)20-15-7-4-14(5-8-15)17-12(2)19/h3-9,18H,10H2,1-2H3,(H,17,19). The van der Waals surface area contributed by atoms with Gasteiger partial charge in [0.1, 0.15) is 0 Å². The van der Waals surface area contributed by atoms with Crippen LogP contribution in [-0.4, -0.2) is 11.0 Å². The molecular formula is C16H17NO2S. The number of aliphatic hydroxyl groups is 1. The predicted octanol–water partition coefficient (Wildman–Crippen LogP) is 3.60. The summed E-state index contributed by atoms with van der Waals surface area (Å²) in [6, 6.07) is 13.8. The van der Waals surface area contributed by atoms with Gasteiger partial charge in [-0.05, 0) is 54.4 Å². The van der Waals surface area contributed by atoms with E-state index in [4.69, 9.17) is 5.11 Å². The summed E-state index contributed by atoms with van der Waals surface area (Å²) in [6.07, 6.45) is 0. The first-order valence-electron chi connectivity index (χ1n) is 6.34. The Balaban J connectivity index is 2.10. The minimum Gasteiger partial charge on any atom is -0.392 e. The number of rotatable bonds is 4. The lowest BCUT2D eigenvalue weighted by Gasteiger charge is -2.07. The van der Waals surface area contributed by atoms with Gasteiger partial charge in [0.15, 0.2) is 0 Å². The van der Waals surface area contributed by atoms with E-state index in [1.165, 1.54) is 6.92 Å². The quantitative estimate of drug-likeness (QED) is 0.903. The molecule has 0 spiro atoms. The number of carbonyl (C=O) groups excluding carboxylic acids is 1. The van der Waals surface area contributed by atoms with Crippen LogP contribution in [-0.2, 0) is 11.4 Å². The van der Waals surface area contributed by atoms with Crippen molar-refractivity contribution in [2.24, 2.45) is 0 Å². The summed E-state index contributed by atoms with van der Waals surface area (Å²) in [4.78, 5) is 13.2. The molecule has 104 valence electrons. The third-order valence-corrected chi connectivity index (χ3v) is 3.89. The molecule has 0 aliphatic carbocycles. The van der Waals surface area contributed by atoms with E-state index in [0.29, 0.717) is 0 Å². The largest absolute Gasteiger partial charge is 0.392 e. The molecule has 0 bridgehead atoms. The van der Waals surface area contributed by atoms with Crippen LogP contribution in [0.4, 0.5) is 5.69 Å². The fraction of sp³-hybridized carbons (Fsp3) is 0.188. The van der Waals surface area contributed by atoms with Gasteiger partial charge in [-0.25, -0.2) is 0 Å². The third kappa shape index (κ3) is 3.85. The number of aliphatic hydroxyl groups excluding tert-OH is 1. The van der Waals surface area contributed by atoms with Crippen molar-refractivity contribution in [3.8, 4) is 0 Å². The number of hydrogen-bond acceptors (Lipinski definition) is 3. The molecule has 0 atom stereocenters. The minimum atomic E-state index is -0.0689. The number of hydrogen-bond donors (Lipinski definition) is 2. The van der Waals surface area contributed by atoms with Crippen LogP contribution in [0.1, 0.15) is 18.1 Å². The summed E-state index contributed by atoms with van der Waals surface area (Å²) < 4.78 is 0. The molecule has 1 amide bonds. The highest BCUT2D eigenvalue weighted by Gasteiger charge is 2.02. The Kier molecular flexibility index (Phi) is 4.82. The van der Waals surface area contributed by atoms with E-state index in [1.54, 1.807) is 11.8 Å². The average Bonchev–Trinajstić information content (AvgIpc) is 2.41. The maximum absolute atomic E-state index is 11.0. The highest BCUT2D eigenvalue weighted by atomic mass is 32.2. The summed E-state index contributed by atoms with van der Waals surface area (Å²) in [5.41, 5.74) is 2.84. The van der Waals surface area contributed by atoms with Crippen LogP contribution in [0.25, 0.3) is 0 Å². The summed E-state index contributed by atoms with van der Waals surface area (Å²) in [5, 5.41) is 11.9. The number of anilines is 1. The van der Waals surface area contributed by atoms with E-state index in [2.05, 4.69) is 11.4 Å². The molecule has 0 aliphatic heterocycles. The van der Waals surface area contributed by atoms with E-state index in [9.17, 15) is 4.79 Å². The summed E-state index contributed by atoms with van der Waals surface area (Å²) >= 11 is 1.65. The Bertz CT molecular complexity index is 608. The van der Waals surface area contributed by atoms with Crippen LogP contribution in [0, 0.1) is 6.92 Å². The first-order chi connectivity index (χ1) is 9.58. The molecule has 0 fully saturated rings. The van der Waals surface area contributed by atoms with E-state index >= 15 is 0 Å². The molecule has 0 saturated heterocycles. The van der Waals surface area contributed by atoms with Gasteiger partial charge in [0.2, 0.25) is 5.91 Å². The first kappa shape index (κ1) is 14.6. The number of benzene rings is 2. The zero-order chi connectivity index (χ0) is 14.5. The van der Waals surface area contributed by atoms with Gasteiger partial charge in [-0.1, -0.05) is 17.8 Å². The fourth-order valence-corrected chi connectivity index (χ4v) is 2.77. The second-order valence-electron chi connectivity index (χ2n) is 4.55. The monoisotopic (exact) mass is 287 g/mol. The third-order valence-electron chi connectivity index (χ3n) is 2.89. The molecule has 2 rings (SSSR count). The molecular weight excluding hydrogens is 270 g/mol. The Morgan fingerprint density at radius 3 is 2.35 bits per heavy atom. The van der Waals surface area contributed by atoms with Crippen LogP contribution in [0.2, 0.25) is 0 Å². The highest BCUT2D eigenvalue weighted by Crippen LogP contribution is 2.29. The molecule has 0 unspecified atom stereocenters. The number of amides is 1. The van der Waals surface area contributed by atoms with Crippen molar-refractivity contribution in [1.82, 2.24) is 0 Å². The first-order valence-corrected chi connectivity index (χ1v) is 7.16. The smallest absolute Gasteiger partial charge is 0.221 e. The molecule has 3 nitrogen and oxygen atoms in total. The molecule has 0 aromatic heterocycles. The normalized spacial score (nSPS) is 10.3. The van der Waals surface area contributed by atoms with Crippen molar-refractivity contribution in [2.45, 2.75) is 30.2 Å². The van der Waals surface area contributed by atoms with Crippen molar-refractivity contribution in [2.75, 3.05) is 5.32 Å². The lowest BCUT2D eigenvalue weighted by atomic mass is 10.1. The SMILES string of the molecule is CC(=O)Nc1ccc(Sc2ccc(CO)c(C)c2)cc1. The highest BCUT2D eigenvalue weighted by molar-refractivity contribution is 7.99. The van der Waals surface area contributed by atoms with Crippen LogP contribution in [0.3, 0.4) is 0 Å². The van der Waals surface area contributed by atoms with Crippen LogP contribution in [0.15, 0.2) is 52.3 Å². The second kappa shape index (κ2) is 6.59. The molecule has 0 aliphatic rings. The number of aryl methyl sites for hydroxylation is 1. The van der Waals surface area contributed by atoms with Gasteiger partial charge in [-0.3, -0.25) is 4.79 Å². The van der Waals surface area contributed by atoms with Crippen LogP contribution < -0.4 is 5.32 Å². The topological polar surface area (TPSA) is 49.3 Å². The molecule has 0 saturated carbocycles. The Morgan fingerprint density at radius 1 is 1.15 bits per heavy atom. The Morgan fingerprint density at radius 2 is 1.80 bits per heavy atom. The zero-order valence-electron chi connectivity index (χ0n) is 11.5. The molecule has 20 heavy (non-hydrogen) atoms. The Labute approximate surface area is 123 Å². The van der Waals surface area contributed by atoms with Gasteiger partial charge in [0.05, 0.1) is 6.61 Å². The van der Waals surface area contributed by atoms with E-state index in [1.807, 2.05) is 43.3 Å². The predicted molar refractivity (Wildman–Crippen MR) is 82.0 cm³/mol. The van der Waals surface area contributed by atoms with Gasteiger partial charge in [0, 0.05) is 22.4 Å². The maximum atomic E-state index is 11.0. The molecule has 0 heterocycles. The van der Waals surface area contributed by atoms with Crippen LogP contribution >= 0.6 is 11.8 Å². The average molecular weight is 287 g/mol. The van der Waals surface area contributed by atoms with Crippen molar-refractivity contribution in [3.63, 3.8) is 0 Å². The molecule has 2 aromatic carbocycles. The van der Waals surface area contributed by atoms with Gasteiger partial charge in [-0.2, -0.15) is 0 Å².